The van der Waals surface area contributed by atoms with E-state index in [4.69, 9.17) is 0 Å². The number of aryl methyl sites for hydroxylation is 1. The van der Waals surface area contributed by atoms with Crippen LogP contribution in [0.5, 0.6) is 0 Å². The molecular weight excluding hydrogens is 423 g/mol. The lowest BCUT2D eigenvalue weighted by molar-refractivity contribution is 0.0945. The minimum atomic E-state index is -0.608. The highest BCUT2D eigenvalue weighted by Gasteiger charge is 2.24. The highest BCUT2D eigenvalue weighted by Crippen LogP contribution is 2.27. The fraction of sp³-hybridized carbons (Fsp3) is 0.417. The minimum Gasteiger partial charge on any atom is -0.365 e. The zero-order chi connectivity index (χ0) is 22.9. The number of carbonyl (C=O) groups excluding carboxylic acids is 1. The number of nitrogens with zero attached hydrogens (tertiary/aromatic N) is 4. The van der Waals surface area contributed by atoms with E-state index in [-0.39, 0.29) is 17.2 Å². The SMILES string of the molecule is Cc1nc2ccc(CN3CCN(c4ccc(C(=O)NCC5CC5)nc4F)CC3)cc2[nH]c1=O. The first-order valence-electron chi connectivity index (χ1n) is 11.4. The lowest BCUT2D eigenvalue weighted by Gasteiger charge is -2.36. The van der Waals surface area contributed by atoms with Crippen molar-refractivity contribution in [2.24, 2.45) is 5.92 Å². The topological polar surface area (TPSA) is 94.2 Å². The molecule has 33 heavy (non-hydrogen) atoms. The number of benzene rings is 1. The van der Waals surface area contributed by atoms with Crippen molar-refractivity contribution in [3.05, 3.63) is 63.6 Å². The molecule has 2 fully saturated rings. The molecule has 2 aromatic heterocycles. The Morgan fingerprint density at radius 2 is 1.94 bits per heavy atom. The monoisotopic (exact) mass is 450 g/mol. The second-order valence-electron chi connectivity index (χ2n) is 8.93. The molecule has 8 nitrogen and oxygen atoms in total. The maximum absolute atomic E-state index is 14.7. The van der Waals surface area contributed by atoms with Crippen molar-refractivity contribution in [3.8, 4) is 0 Å². The van der Waals surface area contributed by atoms with E-state index in [1.165, 1.54) is 0 Å². The average molecular weight is 451 g/mol. The molecule has 3 heterocycles. The molecule has 2 aliphatic rings. The van der Waals surface area contributed by atoms with Gasteiger partial charge in [0.25, 0.3) is 11.5 Å². The summed E-state index contributed by atoms with van der Waals surface area (Å²) in [6, 6.07) is 9.16. The van der Waals surface area contributed by atoms with Gasteiger partial charge in [0.1, 0.15) is 11.4 Å². The number of piperazine rings is 1. The van der Waals surface area contributed by atoms with Gasteiger partial charge in [0.2, 0.25) is 5.95 Å². The minimum absolute atomic E-state index is 0.120. The number of hydrogen-bond donors (Lipinski definition) is 2. The zero-order valence-corrected chi connectivity index (χ0v) is 18.6. The van der Waals surface area contributed by atoms with Gasteiger partial charge in [0.15, 0.2) is 0 Å². The molecule has 0 spiro atoms. The lowest BCUT2D eigenvalue weighted by atomic mass is 10.1. The molecule has 1 aromatic carbocycles. The number of amides is 1. The molecule has 0 atom stereocenters. The Morgan fingerprint density at radius 1 is 1.15 bits per heavy atom. The number of carbonyl (C=O) groups is 1. The van der Waals surface area contributed by atoms with E-state index in [0.29, 0.717) is 36.9 Å². The van der Waals surface area contributed by atoms with Crippen LogP contribution in [-0.4, -0.2) is 58.5 Å². The van der Waals surface area contributed by atoms with Gasteiger partial charge in [-0.2, -0.15) is 4.39 Å². The van der Waals surface area contributed by atoms with Crippen LogP contribution in [-0.2, 0) is 6.54 Å². The van der Waals surface area contributed by atoms with Crippen LogP contribution in [0, 0.1) is 18.8 Å². The molecular formula is C24H27FN6O2. The van der Waals surface area contributed by atoms with Gasteiger partial charge < -0.3 is 15.2 Å². The number of H-pyrrole nitrogens is 1. The fourth-order valence-electron chi connectivity index (χ4n) is 4.17. The molecule has 1 aliphatic carbocycles. The fourth-order valence-corrected chi connectivity index (χ4v) is 4.17. The lowest BCUT2D eigenvalue weighted by Crippen LogP contribution is -2.46. The van der Waals surface area contributed by atoms with Crippen molar-refractivity contribution in [1.82, 2.24) is 25.2 Å². The molecule has 3 aromatic rings. The summed E-state index contributed by atoms with van der Waals surface area (Å²) >= 11 is 0. The molecule has 5 rings (SSSR count). The third-order valence-corrected chi connectivity index (χ3v) is 6.35. The van der Waals surface area contributed by atoms with Gasteiger partial charge in [-0.3, -0.25) is 14.5 Å². The second-order valence-corrected chi connectivity index (χ2v) is 8.93. The summed E-state index contributed by atoms with van der Waals surface area (Å²) < 4.78 is 14.7. The van der Waals surface area contributed by atoms with E-state index in [1.807, 2.05) is 23.1 Å². The van der Waals surface area contributed by atoms with Crippen molar-refractivity contribution < 1.29 is 9.18 Å². The van der Waals surface area contributed by atoms with E-state index in [2.05, 4.69) is 25.2 Å². The normalized spacial score (nSPS) is 16.8. The number of anilines is 1. The number of pyridine rings is 1. The molecule has 172 valence electrons. The second kappa shape index (κ2) is 8.90. The third kappa shape index (κ3) is 4.88. The van der Waals surface area contributed by atoms with Crippen LogP contribution in [0.3, 0.4) is 0 Å². The molecule has 0 unspecified atom stereocenters. The Hall–Kier alpha value is -3.33. The Labute approximate surface area is 190 Å². The van der Waals surface area contributed by atoms with E-state index < -0.39 is 5.95 Å². The van der Waals surface area contributed by atoms with E-state index in [0.717, 1.165) is 49.1 Å². The molecule has 1 aliphatic heterocycles. The number of aromatic amines is 1. The van der Waals surface area contributed by atoms with Crippen molar-refractivity contribution in [3.63, 3.8) is 0 Å². The summed E-state index contributed by atoms with van der Waals surface area (Å²) in [5.74, 6) is -0.366. The van der Waals surface area contributed by atoms with Crippen LogP contribution in [0.2, 0.25) is 0 Å². The number of fused-ring (bicyclic) bond motifs is 1. The summed E-state index contributed by atoms with van der Waals surface area (Å²) in [4.78, 5) is 39.4. The average Bonchev–Trinajstić information content (AvgIpc) is 3.64. The molecule has 1 saturated carbocycles. The molecule has 0 radical (unpaired) electrons. The van der Waals surface area contributed by atoms with Crippen LogP contribution >= 0.6 is 0 Å². The van der Waals surface area contributed by atoms with Gasteiger partial charge in [0.05, 0.1) is 16.7 Å². The summed E-state index contributed by atoms with van der Waals surface area (Å²) in [6.45, 7) is 5.93. The Balaban J connectivity index is 1.19. The van der Waals surface area contributed by atoms with Gasteiger partial charge in [-0.1, -0.05) is 6.07 Å². The van der Waals surface area contributed by atoms with Gasteiger partial charge in [-0.15, -0.1) is 0 Å². The van der Waals surface area contributed by atoms with E-state index in [1.54, 1.807) is 19.1 Å². The molecule has 1 saturated heterocycles. The van der Waals surface area contributed by atoms with Crippen molar-refractivity contribution in [1.29, 1.82) is 0 Å². The van der Waals surface area contributed by atoms with Crippen LogP contribution in [0.15, 0.2) is 35.1 Å². The molecule has 1 amide bonds. The maximum Gasteiger partial charge on any atom is 0.270 e. The van der Waals surface area contributed by atoms with Gasteiger partial charge in [0, 0.05) is 39.3 Å². The predicted molar refractivity (Wildman–Crippen MR) is 124 cm³/mol. The van der Waals surface area contributed by atoms with Crippen LogP contribution in [0.25, 0.3) is 11.0 Å². The summed E-state index contributed by atoms with van der Waals surface area (Å²) in [6.07, 6.45) is 2.29. The molecule has 9 heteroatoms. The first kappa shape index (κ1) is 21.5. The van der Waals surface area contributed by atoms with Gasteiger partial charge in [-0.05, 0) is 55.5 Å². The van der Waals surface area contributed by atoms with Crippen molar-refractivity contribution in [2.45, 2.75) is 26.3 Å². The molecule has 0 bridgehead atoms. The Kier molecular flexibility index (Phi) is 5.80. The highest BCUT2D eigenvalue weighted by atomic mass is 19.1. The van der Waals surface area contributed by atoms with E-state index >= 15 is 0 Å². The third-order valence-electron chi connectivity index (χ3n) is 6.35. The number of rotatable bonds is 6. The summed E-state index contributed by atoms with van der Waals surface area (Å²) in [5.41, 5.74) is 3.43. The predicted octanol–water partition coefficient (Wildman–Crippen LogP) is 2.23. The number of hydrogen-bond acceptors (Lipinski definition) is 6. The highest BCUT2D eigenvalue weighted by molar-refractivity contribution is 5.92. The number of halogens is 1. The first-order chi connectivity index (χ1) is 16.0. The van der Waals surface area contributed by atoms with Gasteiger partial charge >= 0.3 is 0 Å². The summed E-state index contributed by atoms with van der Waals surface area (Å²) in [5, 5.41) is 2.82. The van der Waals surface area contributed by atoms with Crippen LogP contribution < -0.4 is 15.8 Å². The molecule has 2 N–H and O–H groups in total. The zero-order valence-electron chi connectivity index (χ0n) is 18.6. The van der Waals surface area contributed by atoms with Crippen LogP contribution in [0.1, 0.15) is 34.6 Å². The Bertz CT molecular complexity index is 1250. The van der Waals surface area contributed by atoms with Crippen molar-refractivity contribution >= 4 is 22.6 Å². The summed E-state index contributed by atoms with van der Waals surface area (Å²) in [7, 11) is 0. The van der Waals surface area contributed by atoms with Crippen molar-refractivity contribution in [2.75, 3.05) is 37.6 Å². The standard InChI is InChI=1S/C24H27FN6O2/c1-15-23(32)29-20-12-17(4-5-18(20)27-15)14-30-8-10-31(11-9-30)21-7-6-19(28-22(21)25)24(33)26-13-16-2-3-16/h4-7,12,16H,2-3,8-11,13-14H2,1H3,(H,26,33)(H,29,32). The number of aromatic nitrogens is 3. The quantitative estimate of drug-likeness (QED) is 0.560. The largest absolute Gasteiger partial charge is 0.365 e. The first-order valence-corrected chi connectivity index (χ1v) is 11.4. The van der Waals surface area contributed by atoms with Gasteiger partial charge in [-0.25, -0.2) is 9.97 Å². The smallest absolute Gasteiger partial charge is 0.270 e. The Morgan fingerprint density at radius 3 is 2.67 bits per heavy atom. The number of nitrogens with one attached hydrogen (secondary N) is 2. The van der Waals surface area contributed by atoms with Crippen LogP contribution in [0.4, 0.5) is 10.1 Å². The van der Waals surface area contributed by atoms with E-state index in [9.17, 15) is 14.0 Å². The maximum atomic E-state index is 14.7.